The third kappa shape index (κ3) is 5.05. The molecule has 2 aliphatic heterocycles. The molecule has 0 aromatic carbocycles. The van der Waals surface area contributed by atoms with E-state index in [0.29, 0.717) is 39.3 Å². The van der Waals surface area contributed by atoms with Crippen LogP contribution >= 0.6 is 24.0 Å². The predicted octanol–water partition coefficient (Wildman–Crippen LogP) is 4.07. The molecule has 1 amide bonds. The number of amides is 1. The number of nitrogens with one attached hydrogen (secondary N) is 1. The lowest BCUT2D eigenvalue weighted by atomic mass is 10.2. The molecule has 1 N–H and O–H groups in total. The molecule has 0 aliphatic carbocycles. The Kier molecular flexibility index (Phi) is 7.59. The zero-order chi connectivity index (χ0) is 22.5. The fourth-order valence-electron chi connectivity index (χ4n) is 3.90. The Morgan fingerprint density at radius 2 is 2.19 bits per heavy atom. The summed E-state index contributed by atoms with van der Waals surface area (Å²) in [6.45, 7) is 4.09. The highest BCUT2D eigenvalue weighted by Crippen LogP contribution is 2.33. The molecule has 2 aliphatic rings. The first kappa shape index (κ1) is 22.9. The van der Waals surface area contributed by atoms with E-state index in [1.165, 1.54) is 16.2 Å². The minimum atomic E-state index is -0.223. The van der Waals surface area contributed by atoms with E-state index in [1.54, 1.807) is 29.3 Å². The minimum Gasteiger partial charge on any atom is -0.376 e. The van der Waals surface area contributed by atoms with Crippen LogP contribution in [0.3, 0.4) is 0 Å². The van der Waals surface area contributed by atoms with Crippen molar-refractivity contribution in [3.8, 4) is 0 Å². The summed E-state index contributed by atoms with van der Waals surface area (Å²) in [7, 11) is 0. The molecule has 170 valence electrons. The van der Waals surface area contributed by atoms with Crippen molar-refractivity contribution < 1.29 is 9.53 Å². The van der Waals surface area contributed by atoms with Crippen LogP contribution in [0.5, 0.6) is 0 Å². The first-order valence-corrected chi connectivity index (χ1v) is 12.4. The molecule has 0 bridgehead atoms. The van der Waals surface area contributed by atoms with E-state index in [2.05, 4.69) is 17.2 Å². The Bertz CT molecular complexity index is 1090. The quantitative estimate of drug-likeness (QED) is 0.335. The Morgan fingerprint density at radius 1 is 1.31 bits per heavy atom. The molecular weight excluding hydrogens is 444 g/mol. The monoisotopic (exact) mass is 472 g/mol. The van der Waals surface area contributed by atoms with Crippen molar-refractivity contribution >= 4 is 51.7 Å². The number of nitrogens with zero attached hydrogens (tertiary/aromatic N) is 3. The number of hydrogen-bond acceptors (Lipinski definition) is 7. The van der Waals surface area contributed by atoms with Gasteiger partial charge in [0.2, 0.25) is 0 Å². The summed E-state index contributed by atoms with van der Waals surface area (Å²) in [4.78, 5) is 33.1. The second kappa shape index (κ2) is 10.6. The summed E-state index contributed by atoms with van der Waals surface area (Å²) in [5.74, 6) is 0.323. The molecule has 2 aromatic heterocycles. The van der Waals surface area contributed by atoms with E-state index >= 15 is 0 Å². The van der Waals surface area contributed by atoms with Gasteiger partial charge < -0.3 is 10.1 Å². The predicted molar refractivity (Wildman–Crippen MR) is 133 cm³/mol. The second-order valence-corrected chi connectivity index (χ2v) is 9.69. The van der Waals surface area contributed by atoms with Crippen LogP contribution in [0.2, 0.25) is 0 Å². The summed E-state index contributed by atoms with van der Waals surface area (Å²) in [5, 5.41) is 3.29. The zero-order valence-electron chi connectivity index (χ0n) is 18.2. The van der Waals surface area contributed by atoms with Gasteiger partial charge in [-0.3, -0.25) is 18.9 Å². The molecule has 2 aromatic rings. The largest absolute Gasteiger partial charge is 0.376 e. The van der Waals surface area contributed by atoms with Crippen molar-refractivity contribution in [1.82, 2.24) is 14.3 Å². The van der Waals surface area contributed by atoms with Crippen LogP contribution in [0.1, 0.15) is 51.0 Å². The van der Waals surface area contributed by atoms with Crippen LogP contribution in [-0.2, 0) is 9.53 Å². The van der Waals surface area contributed by atoms with Gasteiger partial charge in [-0.25, -0.2) is 4.98 Å². The maximum Gasteiger partial charge on any atom is 0.267 e. The zero-order valence-corrected chi connectivity index (χ0v) is 19.8. The van der Waals surface area contributed by atoms with Crippen molar-refractivity contribution in [2.75, 3.05) is 25.0 Å². The van der Waals surface area contributed by atoms with E-state index in [0.717, 1.165) is 45.1 Å². The third-order valence-electron chi connectivity index (χ3n) is 5.67. The average molecular weight is 473 g/mol. The fraction of sp³-hybridized carbons (Fsp3) is 0.478. The topological polar surface area (TPSA) is 75.9 Å². The van der Waals surface area contributed by atoms with Crippen LogP contribution in [-0.4, -0.2) is 50.3 Å². The van der Waals surface area contributed by atoms with Crippen LogP contribution in [0.25, 0.3) is 11.7 Å². The van der Waals surface area contributed by atoms with Crippen LogP contribution in [0.4, 0.5) is 5.82 Å². The number of pyridine rings is 1. The highest BCUT2D eigenvalue weighted by atomic mass is 32.2. The van der Waals surface area contributed by atoms with E-state index in [9.17, 15) is 9.59 Å². The normalized spacial score (nSPS) is 20.1. The molecule has 0 saturated carbocycles. The summed E-state index contributed by atoms with van der Waals surface area (Å²) in [6.07, 6.45) is 9.70. The minimum absolute atomic E-state index is 0.0974. The maximum absolute atomic E-state index is 13.3. The fourth-order valence-corrected chi connectivity index (χ4v) is 5.19. The molecule has 2 fully saturated rings. The lowest BCUT2D eigenvalue weighted by Crippen LogP contribution is -2.29. The van der Waals surface area contributed by atoms with Gasteiger partial charge in [-0.05, 0) is 37.5 Å². The van der Waals surface area contributed by atoms with Crippen molar-refractivity contribution in [2.24, 2.45) is 0 Å². The molecule has 4 heterocycles. The molecule has 1 unspecified atom stereocenters. The Labute approximate surface area is 197 Å². The first-order chi connectivity index (χ1) is 15.6. The number of thioether (sulfide) groups is 1. The van der Waals surface area contributed by atoms with Gasteiger partial charge in [0.05, 0.1) is 16.6 Å². The molecule has 0 radical (unpaired) electrons. The van der Waals surface area contributed by atoms with Gasteiger partial charge in [0.15, 0.2) is 0 Å². The molecular formula is C23H28N4O3S2. The third-order valence-corrected chi connectivity index (χ3v) is 7.05. The second-order valence-electron chi connectivity index (χ2n) is 8.02. The number of hydrogen-bond donors (Lipinski definition) is 1. The van der Waals surface area contributed by atoms with E-state index < -0.39 is 0 Å². The van der Waals surface area contributed by atoms with Crippen molar-refractivity contribution in [3.63, 3.8) is 0 Å². The summed E-state index contributed by atoms with van der Waals surface area (Å²) in [6, 6.07) is 5.42. The molecule has 7 nitrogen and oxygen atoms in total. The lowest BCUT2D eigenvalue weighted by molar-refractivity contribution is -0.122. The Balaban J connectivity index is 1.63. The van der Waals surface area contributed by atoms with E-state index in [-0.39, 0.29) is 17.6 Å². The number of ether oxygens (including phenoxy) is 1. The number of rotatable bonds is 9. The van der Waals surface area contributed by atoms with E-state index in [4.69, 9.17) is 17.0 Å². The van der Waals surface area contributed by atoms with Crippen molar-refractivity contribution in [2.45, 2.75) is 51.6 Å². The van der Waals surface area contributed by atoms with Gasteiger partial charge >= 0.3 is 0 Å². The van der Waals surface area contributed by atoms with Crippen molar-refractivity contribution in [1.29, 1.82) is 0 Å². The van der Waals surface area contributed by atoms with Gasteiger partial charge in [0.25, 0.3) is 11.5 Å². The molecule has 2 saturated heterocycles. The van der Waals surface area contributed by atoms with Gasteiger partial charge in [-0.15, -0.1) is 0 Å². The molecule has 9 heteroatoms. The molecule has 32 heavy (non-hydrogen) atoms. The summed E-state index contributed by atoms with van der Waals surface area (Å²) >= 11 is 6.70. The van der Waals surface area contributed by atoms with Crippen LogP contribution in [0.15, 0.2) is 34.1 Å². The maximum atomic E-state index is 13.3. The lowest BCUT2D eigenvalue weighted by Gasteiger charge is -2.14. The van der Waals surface area contributed by atoms with Gasteiger partial charge in [-0.2, -0.15) is 0 Å². The Hall–Kier alpha value is -2.23. The number of carbonyl (C=O) groups excluding carboxylic acids is 1. The summed E-state index contributed by atoms with van der Waals surface area (Å²) < 4.78 is 7.73. The molecule has 4 rings (SSSR count). The smallest absolute Gasteiger partial charge is 0.267 e. The molecule has 0 spiro atoms. The van der Waals surface area contributed by atoms with Crippen LogP contribution in [0, 0.1) is 0 Å². The number of carbonyl (C=O) groups is 1. The number of anilines is 1. The molecule has 1 atom stereocenters. The standard InChI is InChI=1S/C23H28N4O3S2/c1-2-3-4-6-12-27-22(29)18(32-23(27)31)14-17-20(24-15-16-9-8-13-30-16)25-19-10-5-7-11-26(19)21(17)28/h5,7,10-11,14,16,24H,2-4,6,8-9,12-13,15H2,1H3. The average Bonchev–Trinajstić information content (AvgIpc) is 3.41. The number of thiocarbonyl (C=S) groups is 1. The van der Waals surface area contributed by atoms with Crippen molar-refractivity contribution in [3.05, 3.63) is 45.2 Å². The van der Waals surface area contributed by atoms with Gasteiger partial charge in [-0.1, -0.05) is 56.2 Å². The highest BCUT2D eigenvalue weighted by Gasteiger charge is 2.32. The van der Waals surface area contributed by atoms with Gasteiger partial charge in [0, 0.05) is 25.9 Å². The van der Waals surface area contributed by atoms with E-state index in [1.807, 2.05) is 6.07 Å². The van der Waals surface area contributed by atoms with Gasteiger partial charge in [0.1, 0.15) is 15.8 Å². The van der Waals surface area contributed by atoms with Crippen LogP contribution < -0.4 is 10.9 Å². The number of aromatic nitrogens is 2. The highest BCUT2D eigenvalue weighted by molar-refractivity contribution is 8.26. The Morgan fingerprint density at radius 3 is 2.97 bits per heavy atom. The summed E-state index contributed by atoms with van der Waals surface area (Å²) in [5.41, 5.74) is 0.685. The first-order valence-electron chi connectivity index (χ1n) is 11.2. The number of unbranched alkanes of at least 4 members (excludes halogenated alkanes) is 3. The number of fused-ring (bicyclic) bond motifs is 1. The SMILES string of the molecule is CCCCCCN1C(=O)C(=Cc2c(NCC3CCCO3)nc3ccccn3c2=O)SC1=S.